The summed E-state index contributed by atoms with van der Waals surface area (Å²) in [4.78, 5) is 32.1. The SMILES string of the molecule is C[C@@H](c1ccc2scnc2c1)N1CCC2(CC1)NC(=O)N(C)C2=O. The topological polar surface area (TPSA) is 65.5 Å². The third-order valence-corrected chi connectivity index (χ3v) is 6.21. The van der Waals surface area contributed by atoms with E-state index in [0.29, 0.717) is 12.8 Å². The molecule has 2 saturated heterocycles. The largest absolute Gasteiger partial charge is 0.324 e. The summed E-state index contributed by atoms with van der Waals surface area (Å²) in [5.41, 5.74) is 3.45. The Labute approximate surface area is 144 Å². The first-order valence-corrected chi connectivity index (χ1v) is 9.06. The van der Waals surface area contributed by atoms with E-state index >= 15 is 0 Å². The van der Waals surface area contributed by atoms with Gasteiger partial charge in [0.05, 0.1) is 15.7 Å². The van der Waals surface area contributed by atoms with Crippen LogP contribution in [-0.4, -0.2) is 52.4 Å². The molecule has 7 heteroatoms. The van der Waals surface area contributed by atoms with Crippen LogP contribution in [0.25, 0.3) is 10.2 Å². The van der Waals surface area contributed by atoms with E-state index in [1.807, 2.05) is 5.51 Å². The molecule has 6 nitrogen and oxygen atoms in total. The number of amides is 3. The summed E-state index contributed by atoms with van der Waals surface area (Å²) < 4.78 is 1.20. The predicted octanol–water partition coefficient (Wildman–Crippen LogP) is 2.37. The number of likely N-dealkylation sites (N-methyl/N-ethyl adjacent to an activating group) is 1. The number of aromatic nitrogens is 1. The third kappa shape index (κ3) is 2.31. The zero-order valence-corrected chi connectivity index (χ0v) is 14.6. The molecule has 126 valence electrons. The lowest BCUT2D eigenvalue weighted by Crippen LogP contribution is -2.55. The zero-order valence-electron chi connectivity index (χ0n) is 13.8. The van der Waals surface area contributed by atoms with Gasteiger partial charge in [0.25, 0.3) is 5.91 Å². The van der Waals surface area contributed by atoms with Gasteiger partial charge in [-0.15, -0.1) is 11.3 Å². The number of rotatable bonds is 2. The molecule has 0 bridgehead atoms. The lowest BCUT2D eigenvalue weighted by Gasteiger charge is -2.40. The maximum absolute atomic E-state index is 12.4. The Morgan fingerprint density at radius 1 is 1.29 bits per heavy atom. The average molecular weight is 344 g/mol. The Balaban J connectivity index is 1.49. The van der Waals surface area contributed by atoms with Crippen molar-refractivity contribution < 1.29 is 9.59 Å². The number of likely N-dealkylation sites (tertiary alicyclic amines) is 1. The van der Waals surface area contributed by atoms with Gasteiger partial charge >= 0.3 is 6.03 Å². The molecule has 0 saturated carbocycles. The summed E-state index contributed by atoms with van der Waals surface area (Å²) in [6.07, 6.45) is 1.32. The van der Waals surface area contributed by atoms with Gasteiger partial charge in [-0.25, -0.2) is 9.78 Å². The van der Waals surface area contributed by atoms with Gasteiger partial charge in [-0.3, -0.25) is 14.6 Å². The lowest BCUT2D eigenvalue weighted by molar-refractivity contribution is -0.132. The number of thiazole rings is 1. The molecule has 24 heavy (non-hydrogen) atoms. The molecule has 1 atom stereocenters. The van der Waals surface area contributed by atoms with E-state index in [-0.39, 0.29) is 18.0 Å². The molecule has 3 amide bonds. The minimum atomic E-state index is -0.694. The average Bonchev–Trinajstić information content (AvgIpc) is 3.14. The summed E-state index contributed by atoms with van der Waals surface area (Å²) in [7, 11) is 1.55. The number of piperidine rings is 1. The summed E-state index contributed by atoms with van der Waals surface area (Å²) >= 11 is 1.65. The summed E-state index contributed by atoms with van der Waals surface area (Å²) in [5, 5.41) is 2.89. The first-order chi connectivity index (χ1) is 11.5. The van der Waals surface area contributed by atoms with Gasteiger partial charge in [0.1, 0.15) is 5.54 Å². The van der Waals surface area contributed by atoms with E-state index in [0.717, 1.165) is 18.6 Å². The number of fused-ring (bicyclic) bond motifs is 1. The Hall–Kier alpha value is -1.99. The van der Waals surface area contributed by atoms with Crippen molar-refractivity contribution in [3.05, 3.63) is 29.3 Å². The van der Waals surface area contributed by atoms with E-state index in [1.54, 1.807) is 18.4 Å². The maximum atomic E-state index is 12.4. The number of hydrogen-bond donors (Lipinski definition) is 1. The van der Waals surface area contributed by atoms with E-state index < -0.39 is 5.54 Å². The van der Waals surface area contributed by atoms with Crippen molar-refractivity contribution in [2.75, 3.05) is 20.1 Å². The van der Waals surface area contributed by atoms with E-state index in [1.165, 1.54) is 15.2 Å². The third-order valence-electron chi connectivity index (χ3n) is 5.40. The molecule has 2 aliphatic rings. The molecule has 2 aliphatic heterocycles. The molecule has 4 rings (SSSR count). The van der Waals surface area contributed by atoms with Gasteiger partial charge in [0.2, 0.25) is 0 Å². The molecule has 0 aliphatic carbocycles. The molecule has 1 N–H and O–H groups in total. The number of nitrogens with one attached hydrogen (secondary N) is 1. The van der Waals surface area contributed by atoms with Crippen molar-refractivity contribution in [2.45, 2.75) is 31.3 Å². The van der Waals surface area contributed by atoms with E-state index in [2.05, 4.69) is 40.3 Å². The van der Waals surface area contributed by atoms with Crippen LogP contribution >= 0.6 is 11.3 Å². The quantitative estimate of drug-likeness (QED) is 0.850. The van der Waals surface area contributed by atoms with E-state index in [4.69, 9.17) is 0 Å². The Morgan fingerprint density at radius 3 is 2.71 bits per heavy atom. The minimum absolute atomic E-state index is 0.0938. The Kier molecular flexibility index (Phi) is 3.58. The van der Waals surface area contributed by atoms with Gasteiger partial charge in [-0.2, -0.15) is 0 Å². The van der Waals surface area contributed by atoms with Gasteiger partial charge in [0.15, 0.2) is 0 Å². The van der Waals surface area contributed by atoms with Gasteiger partial charge in [-0.05, 0) is 37.5 Å². The van der Waals surface area contributed by atoms with Crippen molar-refractivity contribution in [3.8, 4) is 0 Å². The molecule has 2 aromatic rings. The minimum Gasteiger partial charge on any atom is -0.323 e. The molecule has 0 unspecified atom stereocenters. The summed E-state index contributed by atoms with van der Waals surface area (Å²) in [5.74, 6) is -0.0938. The number of nitrogens with zero attached hydrogens (tertiary/aromatic N) is 3. The maximum Gasteiger partial charge on any atom is 0.324 e. The fourth-order valence-electron chi connectivity index (χ4n) is 3.73. The van der Waals surface area contributed by atoms with Crippen molar-refractivity contribution in [2.24, 2.45) is 0 Å². The highest BCUT2D eigenvalue weighted by Gasteiger charge is 2.51. The van der Waals surface area contributed by atoms with Crippen LogP contribution in [0.3, 0.4) is 0 Å². The van der Waals surface area contributed by atoms with Gasteiger partial charge in [0, 0.05) is 26.2 Å². The van der Waals surface area contributed by atoms with Crippen molar-refractivity contribution in [3.63, 3.8) is 0 Å². The fourth-order valence-corrected chi connectivity index (χ4v) is 4.39. The highest BCUT2D eigenvalue weighted by Crippen LogP contribution is 2.33. The lowest BCUT2D eigenvalue weighted by atomic mass is 9.86. The second-order valence-electron chi connectivity index (χ2n) is 6.67. The van der Waals surface area contributed by atoms with Crippen LogP contribution in [-0.2, 0) is 4.79 Å². The molecule has 3 heterocycles. The van der Waals surface area contributed by atoms with Crippen LogP contribution < -0.4 is 5.32 Å². The van der Waals surface area contributed by atoms with Crippen LogP contribution in [0, 0.1) is 0 Å². The molecule has 1 aromatic carbocycles. The van der Waals surface area contributed by atoms with Gasteiger partial charge < -0.3 is 5.32 Å². The highest BCUT2D eigenvalue weighted by atomic mass is 32.1. The van der Waals surface area contributed by atoms with Crippen LogP contribution in [0.5, 0.6) is 0 Å². The number of imide groups is 1. The van der Waals surface area contributed by atoms with Crippen LogP contribution in [0.15, 0.2) is 23.7 Å². The predicted molar refractivity (Wildman–Crippen MR) is 92.9 cm³/mol. The van der Waals surface area contributed by atoms with Crippen LogP contribution in [0.2, 0.25) is 0 Å². The monoisotopic (exact) mass is 344 g/mol. The van der Waals surface area contributed by atoms with E-state index in [9.17, 15) is 9.59 Å². The van der Waals surface area contributed by atoms with Crippen LogP contribution in [0.1, 0.15) is 31.4 Å². The fraction of sp³-hybridized carbons (Fsp3) is 0.471. The summed E-state index contributed by atoms with van der Waals surface area (Å²) in [6, 6.07) is 6.41. The van der Waals surface area contributed by atoms with Crippen LogP contribution in [0.4, 0.5) is 4.79 Å². The second kappa shape index (κ2) is 5.53. The molecule has 0 radical (unpaired) electrons. The number of carbonyl (C=O) groups excluding carboxylic acids is 2. The number of carbonyl (C=O) groups is 2. The second-order valence-corrected chi connectivity index (χ2v) is 7.55. The van der Waals surface area contributed by atoms with Crippen molar-refractivity contribution in [1.29, 1.82) is 0 Å². The smallest absolute Gasteiger partial charge is 0.323 e. The first-order valence-electron chi connectivity index (χ1n) is 8.18. The molecule has 1 aromatic heterocycles. The molecule has 2 fully saturated rings. The first kappa shape index (κ1) is 15.5. The highest BCUT2D eigenvalue weighted by molar-refractivity contribution is 7.16. The summed E-state index contributed by atoms with van der Waals surface area (Å²) in [6.45, 7) is 3.76. The number of benzene rings is 1. The molecular weight excluding hydrogens is 324 g/mol. The standard InChI is InChI=1S/C17H20N4O2S/c1-11(12-3-4-14-13(9-12)18-10-24-14)21-7-5-17(6-8-21)15(22)20(2)16(23)19-17/h3-4,9-11H,5-8H2,1-2H3,(H,19,23)/t11-/m0/s1. The van der Waals surface area contributed by atoms with Gasteiger partial charge in [-0.1, -0.05) is 6.07 Å². The molecular formula is C17H20N4O2S. The Bertz CT molecular complexity index is 810. The number of hydrogen-bond acceptors (Lipinski definition) is 5. The van der Waals surface area contributed by atoms with Crippen molar-refractivity contribution >= 4 is 33.5 Å². The normalized spacial score (nSPS) is 22.3. The molecule has 1 spiro atoms. The van der Waals surface area contributed by atoms with Crippen molar-refractivity contribution in [1.82, 2.24) is 20.1 Å². The Morgan fingerprint density at radius 2 is 2.04 bits per heavy atom. The zero-order chi connectivity index (χ0) is 16.9. The number of urea groups is 1.